The second-order valence-corrected chi connectivity index (χ2v) is 9.21. The van der Waals surface area contributed by atoms with Crippen molar-refractivity contribution < 1.29 is 9.53 Å². The van der Waals surface area contributed by atoms with Crippen LogP contribution in [0.4, 0.5) is 0 Å². The molecule has 1 aliphatic heterocycles. The average Bonchev–Trinajstić information content (AvgIpc) is 2.70. The highest BCUT2D eigenvalue weighted by atomic mass is 16.5. The lowest BCUT2D eigenvalue weighted by Gasteiger charge is -2.35. The zero-order valence-corrected chi connectivity index (χ0v) is 17.6. The summed E-state index contributed by atoms with van der Waals surface area (Å²) < 4.78 is 5.97. The molecular formula is C25H31N3O2. The molecule has 3 aliphatic rings. The molecule has 5 nitrogen and oxygen atoms in total. The van der Waals surface area contributed by atoms with Gasteiger partial charge in [0.1, 0.15) is 5.75 Å². The van der Waals surface area contributed by atoms with E-state index in [0.717, 1.165) is 37.7 Å². The average molecular weight is 406 g/mol. The third-order valence-electron chi connectivity index (χ3n) is 7.01. The molecule has 0 bridgehead atoms. The summed E-state index contributed by atoms with van der Waals surface area (Å²) in [5, 5.41) is 3.00. The van der Waals surface area contributed by atoms with Crippen LogP contribution < -0.4 is 10.1 Å². The molecule has 30 heavy (non-hydrogen) atoms. The second kappa shape index (κ2) is 8.76. The van der Waals surface area contributed by atoms with Crippen LogP contribution in [0.2, 0.25) is 0 Å². The van der Waals surface area contributed by atoms with Crippen LogP contribution in [0.3, 0.4) is 0 Å². The molecule has 0 unspecified atom stereocenters. The molecule has 158 valence electrons. The van der Waals surface area contributed by atoms with Gasteiger partial charge >= 0.3 is 0 Å². The topological polar surface area (TPSA) is 54.5 Å². The molecule has 5 heteroatoms. The lowest BCUT2D eigenvalue weighted by molar-refractivity contribution is 0.0938. The number of ether oxygens (including phenoxy) is 1. The van der Waals surface area contributed by atoms with Gasteiger partial charge < -0.3 is 10.1 Å². The molecule has 0 radical (unpaired) electrons. The van der Waals surface area contributed by atoms with E-state index >= 15 is 0 Å². The number of hydrogen-bond acceptors (Lipinski definition) is 4. The lowest BCUT2D eigenvalue weighted by Crippen LogP contribution is -2.36. The summed E-state index contributed by atoms with van der Waals surface area (Å²) in [6.07, 6.45) is 10.6. The van der Waals surface area contributed by atoms with Crippen molar-refractivity contribution in [1.82, 2.24) is 15.2 Å². The maximum absolute atomic E-state index is 12.2. The van der Waals surface area contributed by atoms with E-state index in [1.165, 1.54) is 56.2 Å². The predicted octanol–water partition coefficient (Wildman–Crippen LogP) is 4.56. The monoisotopic (exact) mass is 405 g/mol. The maximum atomic E-state index is 12.2. The molecule has 0 atom stereocenters. The van der Waals surface area contributed by atoms with Gasteiger partial charge in [-0.3, -0.25) is 9.69 Å². The van der Waals surface area contributed by atoms with Gasteiger partial charge in [-0.25, -0.2) is 4.98 Å². The minimum atomic E-state index is -0.0545. The van der Waals surface area contributed by atoms with Crippen molar-refractivity contribution in [3.05, 3.63) is 53.2 Å². The van der Waals surface area contributed by atoms with E-state index in [0.29, 0.717) is 17.4 Å². The van der Waals surface area contributed by atoms with Gasteiger partial charge in [-0.1, -0.05) is 18.9 Å². The van der Waals surface area contributed by atoms with Crippen LogP contribution in [-0.2, 0) is 13.0 Å². The third kappa shape index (κ3) is 4.51. The van der Waals surface area contributed by atoms with Crippen molar-refractivity contribution in [2.75, 3.05) is 19.6 Å². The zero-order chi connectivity index (χ0) is 20.3. The molecule has 2 fully saturated rings. The molecule has 1 amide bonds. The normalized spacial score (nSPS) is 19.5. The number of hydrogen-bond donors (Lipinski definition) is 1. The number of fused-ring (bicyclic) bond motifs is 1. The van der Waals surface area contributed by atoms with Crippen LogP contribution in [-0.4, -0.2) is 35.4 Å². The number of carbonyl (C=O) groups is 1. The van der Waals surface area contributed by atoms with Crippen LogP contribution in [0.15, 0.2) is 36.5 Å². The largest absolute Gasteiger partial charge is 0.439 e. The Kier molecular flexibility index (Phi) is 5.71. The number of benzene rings is 1. The summed E-state index contributed by atoms with van der Waals surface area (Å²) in [7, 11) is 0. The second-order valence-electron chi connectivity index (χ2n) is 9.21. The van der Waals surface area contributed by atoms with Crippen LogP contribution in [0.25, 0.3) is 0 Å². The Hall–Kier alpha value is -2.40. The number of rotatable bonds is 7. The molecule has 2 aromatic rings. The van der Waals surface area contributed by atoms with Gasteiger partial charge in [-0.15, -0.1) is 0 Å². The number of nitrogens with zero attached hydrogens (tertiary/aromatic N) is 2. The van der Waals surface area contributed by atoms with E-state index in [9.17, 15) is 4.79 Å². The highest BCUT2D eigenvalue weighted by molar-refractivity contribution is 5.93. The van der Waals surface area contributed by atoms with E-state index < -0.39 is 0 Å². The molecule has 1 aromatic carbocycles. The summed E-state index contributed by atoms with van der Waals surface area (Å²) in [5.41, 5.74) is 3.38. The minimum absolute atomic E-state index is 0.0545. The first-order valence-corrected chi connectivity index (χ1v) is 11.5. The summed E-state index contributed by atoms with van der Waals surface area (Å²) in [5.74, 6) is 2.85. The first-order chi connectivity index (χ1) is 14.7. The van der Waals surface area contributed by atoms with Crippen LogP contribution in [0.1, 0.15) is 60.0 Å². The maximum Gasteiger partial charge on any atom is 0.252 e. The van der Waals surface area contributed by atoms with Crippen LogP contribution in [0, 0.1) is 11.8 Å². The number of aromatic nitrogens is 1. The third-order valence-corrected chi connectivity index (χ3v) is 7.01. The number of nitrogens with one attached hydrogen (secondary N) is 1. The van der Waals surface area contributed by atoms with Gasteiger partial charge in [0, 0.05) is 38.4 Å². The Bertz CT molecular complexity index is 888. The van der Waals surface area contributed by atoms with E-state index in [1.54, 1.807) is 18.3 Å². The Morgan fingerprint density at radius 2 is 1.90 bits per heavy atom. The van der Waals surface area contributed by atoms with Gasteiger partial charge in [0.2, 0.25) is 5.88 Å². The van der Waals surface area contributed by atoms with E-state index in [1.807, 2.05) is 6.07 Å². The highest BCUT2D eigenvalue weighted by Crippen LogP contribution is 2.31. The molecule has 0 saturated heterocycles. The fourth-order valence-corrected chi connectivity index (χ4v) is 4.58. The quantitative estimate of drug-likeness (QED) is 0.734. The Balaban J connectivity index is 1.16. The first kappa shape index (κ1) is 19.6. The van der Waals surface area contributed by atoms with E-state index in [4.69, 9.17) is 4.74 Å². The van der Waals surface area contributed by atoms with Crippen LogP contribution in [0.5, 0.6) is 11.6 Å². The molecule has 2 heterocycles. The highest BCUT2D eigenvalue weighted by Gasteiger charge is 2.24. The fourth-order valence-electron chi connectivity index (χ4n) is 4.58. The standard InChI is InChI=1S/C25H31N3O2/c29-25(27-14-18-3-1-4-18)21-8-10-24(26-15-21)30-23-9-7-22-17-28(12-11-20(22)13-23)16-19-5-2-6-19/h7-10,13,15,18-19H,1-6,11-12,14,16-17H2,(H,27,29). The zero-order valence-electron chi connectivity index (χ0n) is 17.6. The molecule has 5 rings (SSSR count). The van der Waals surface area contributed by atoms with Crippen molar-refractivity contribution in [2.24, 2.45) is 11.8 Å². The smallest absolute Gasteiger partial charge is 0.252 e. The van der Waals surface area contributed by atoms with Crippen molar-refractivity contribution >= 4 is 5.91 Å². The molecule has 1 aromatic heterocycles. The SMILES string of the molecule is O=C(NCC1CCC1)c1ccc(Oc2ccc3c(c2)CCN(CC2CCC2)C3)nc1. The minimum Gasteiger partial charge on any atom is -0.439 e. The van der Waals surface area contributed by atoms with Crippen molar-refractivity contribution in [1.29, 1.82) is 0 Å². The summed E-state index contributed by atoms with van der Waals surface area (Å²) in [6.45, 7) is 4.21. The number of carbonyl (C=O) groups excluding carboxylic acids is 1. The predicted molar refractivity (Wildman–Crippen MR) is 117 cm³/mol. The number of pyridine rings is 1. The first-order valence-electron chi connectivity index (χ1n) is 11.5. The van der Waals surface area contributed by atoms with Crippen molar-refractivity contribution in [3.8, 4) is 11.6 Å². The van der Waals surface area contributed by atoms with E-state index in [-0.39, 0.29) is 5.91 Å². The molecular weight excluding hydrogens is 374 g/mol. The lowest BCUT2D eigenvalue weighted by atomic mass is 9.84. The summed E-state index contributed by atoms with van der Waals surface area (Å²) in [4.78, 5) is 19.2. The van der Waals surface area contributed by atoms with Crippen molar-refractivity contribution in [3.63, 3.8) is 0 Å². The van der Waals surface area contributed by atoms with E-state index in [2.05, 4.69) is 27.3 Å². The number of amides is 1. The molecule has 2 saturated carbocycles. The van der Waals surface area contributed by atoms with Gasteiger partial charge in [0.25, 0.3) is 5.91 Å². The van der Waals surface area contributed by atoms with Gasteiger partial charge in [-0.05, 0) is 73.3 Å². The van der Waals surface area contributed by atoms with Gasteiger partial charge in [0.05, 0.1) is 5.56 Å². The summed E-state index contributed by atoms with van der Waals surface area (Å²) >= 11 is 0. The van der Waals surface area contributed by atoms with Crippen molar-refractivity contribution in [2.45, 2.75) is 51.5 Å². The molecule has 1 N–H and O–H groups in total. The van der Waals surface area contributed by atoms with Gasteiger partial charge in [0.15, 0.2) is 0 Å². The van der Waals surface area contributed by atoms with Gasteiger partial charge in [-0.2, -0.15) is 0 Å². The Labute approximate surface area is 178 Å². The fraction of sp³-hybridized carbons (Fsp3) is 0.520. The summed E-state index contributed by atoms with van der Waals surface area (Å²) in [6, 6.07) is 9.94. The van der Waals surface area contributed by atoms with Crippen LogP contribution >= 0.6 is 0 Å². The molecule has 2 aliphatic carbocycles. The Morgan fingerprint density at radius 3 is 2.60 bits per heavy atom. The molecule has 0 spiro atoms. The Morgan fingerprint density at radius 1 is 1.07 bits per heavy atom.